The number of halogens is 2. The lowest BCUT2D eigenvalue weighted by molar-refractivity contribution is 0.0959. The molecule has 0 saturated heterocycles. The Kier molecular flexibility index (Phi) is 5.82. The fourth-order valence-corrected chi connectivity index (χ4v) is 2.58. The molecule has 0 saturated carbocycles. The Morgan fingerprint density at radius 1 is 1.09 bits per heavy atom. The van der Waals surface area contributed by atoms with Gasteiger partial charge in [-0.1, -0.05) is 36.4 Å². The average Bonchev–Trinajstić information content (AvgIpc) is 2.54. The first-order valence-corrected chi connectivity index (χ1v) is 7.39. The van der Waals surface area contributed by atoms with Crippen LogP contribution in [-0.2, 0) is 10.3 Å². The van der Waals surface area contributed by atoms with E-state index in [0.29, 0.717) is 6.61 Å². The van der Waals surface area contributed by atoms with Crippen LogP contribution in [0.15, 0.2) is 48.5 Å². The number of methoxy groups -OCH3 is 1. The van der Waals surface area contributed by atoms with Crippen LogP contribution >= 0.6 is 0 Å². The Balaban J connectivity index is 2.16. The number of nitrogens with one attached hydrogen (secondary N) is 1. The summed E-state index contributed by atoms with van der Waals surface area (Å²) in [6.07, 6.45) is -1.30. The largest absolute Gasteiger partial charge is 0.387 e. The molecule has 3 nitrogen and oxygen atoms in total. The number of aliphatic hydroxyl groups excluding tert-OH is 1. The summed E-state index contributed by atoms with van der Waals surface area (Å²) < 4.78 is 32.7. The topological polar surface area (TPSA) is 41.5 Å². The number of benzene rings is 2. The SMILES string of the molecule is COCC(C)(NCC(O)c1c(F)cccc1F)c1ccccc1. The first kappa shape index (κ1) is 17.5. The van der Waals surface area contributed by atoms with Crippen molar-refractivity contribution in [1.82, 2.24) is 5.32 Å². The summed E-state index contributed by atoms with van der Waals surface area (Å²) in [5.41, 5.74) is 0.0505. The molecule has 2 N–H and O–H groups in total. The van der Waals surface area contributed by atoms with Crippen LogP contribution in [0.3, 0.4) is 0 Å². The molecule has 0 amide bonds. The summed E-state index contributed by atoms with van der Waals surface area (Å²) in [6, 6.07) is 13.1. The monoisotopic (exact) mass is 321 g/mol. The predicted octanol–water partition coefficient (Wildman–Crippen LogP) is 3.15. The molecule has 0 aliphatic carbocycles. The zero-order valence-electron chi connectivity index (χ0n) is 13.2. The second-order valence-electron chi connectivity index (χ2n) is 5.66. The van der Waals surface area contributed by atoms with Crippen LogP contribution in [0.1, 0.15) is 24.2 Å². The van der Waals surface area contributed by atoms with Gasteiger partial charge < -0.3 is 15.2 Å². The number of ether oxygens (including phenoxy) is 1. The van der Waals surface area contributed by atoms with Crippen LogP contribution in [0.5, 0.6) is 0 Å². The molecule has 0 radical (unpaired) electrons. The van der Waals surface area contributed by atoms with E-state index >= 15 is 0 Å². The molecule has 0 bridgehead atoms. The fraction of sp³-hybridized carbons (Fsp3) is 0.333. The molecule has 5 heteroatoms. The standard InChI is InChI=1S/C18H21F2NO2/c1-18(12-23-2,13-7-4-3-5-8-13)21-11-16(22)17-14(19)9-6-10-15(17)20/h3-10,16,21-22H,11-12H2,1-2H3. The number of hydrogen-bond donors (Lipinski definition) is 2. The van der Waals surface area contributed by atoms with Gasteiger partial charge in [0.05, 0.1) is 23.8 Å². The van der Waals surface area contributed by atoms with E-state index in [0.717, 1.165) is 17.7 Å². The summed E-state index contributed by atoms with van der Waals surface area (Å²) >= 11 is 0. The number of aliphatic hydroxyl groups is 1. The molecule has 2 atom stereocenters. The Morgan fingerprint density at radius 3 is 2.26 bits per heavy atom. The van der Waals surface area contributed by atoms with Crippen LogP contribution in [-0.4, -0.2) is 25.4 Å². The molecule has 0 fully saturated rings. The molecule has 2 aromatic carbocycles. The summed E-state index contributed by atoms with van der Waals surface area (Å²) in [4.78, 5) is 0. The Labute approximate surface area is 134 Å². The summed E-state index contributed by atoms with van der Waals surface area (Å²) in [6.45, 7) is 2.26. The molecular formula is C18H21F2NO2. The molecule has 0 aliphatic heterocycles. The number of rotatable bonds is 7. The van der Waals surface area contributed by atoms with Gasteiger partial charge in [-0.05, 0) is 24.6 Å². The van der Waals surface area contributed by atoms with E-state index in [2.05, 4.69) is 5.32 Å². The third kappa shape index (κ3) is 4.13. The molecule has 0 spiro atoms. The van der Waals surface area contributed by atoms with Gasteiger partial charge in [0.15, 0.2) is 0 Å². The summed E-state index contributed by atoms with van der Waals surface area (Å²) in [7, 11) is 1.58. The molecule has 0 aliphatic rings. The summed E-state index contributed by atoms with van der Waals surface area (Å²) in [5, 5.41) is 13.3. The van der Waals surface area contributed by atoms with E-state index in [1.165, 1.54) is 6.07 Å². The highest BCUT2D eigenvalue weighted by atomic mass is 19.1. The maximum Gasteiger partial charge on any atom is 0.131 e. The van der Waals surface area contributed by atoms with Crippen molar-refractivity contribution in [3.63, 3.8) is 0 Å². The van der Waals surface area contributed by atoms with E-state index in [9.17, 15) is 13.9 Å². The van der Waals surface area contributed by atoms with E-state index in [4.69, 9.17) is 4.74 Å². The molecule has 2 rings (SSSR count). The molecule has 0 aromatic heterocycles. The van der Waals surface area contributed by atoms with Crippen LogP contribution in [0.4, 0.5) is 8.78 Å². The highest BCUT2D eigenvalue weighted by Crippen LogP contribution is 2.24. The second-order valence-corrected chi connectivity index (χ2v) is 5.66. The van der Waals surface area contributed by atoms with E-state index in [1.54, 1.807) is 7.11 Å². The van der Waals surface area contributed by atoms with Gasteiger partial charge in [-0.2, -0.15) is 0 Å². The third-order valence-corrected chi connectivity index (χ3v) is 3.86. The van der Waals surface area contributed by atoms with Crippen LogP contribution in [0.2, 0.25) is 0 Å². The minimum absolute atomic E-state index is 0.00733. The first-order valence-electron chi connectivity index (χ1n) is 7.39. The summed E-state index contributed by atoms with van der Waals surface area (Å²) in [5.74, 6) is -1.51. The van der Waals surface area contributed by atoms with Gasteiger partial charge in [-0.3, -0.25) is 0 Å². The smallest absolute Gasteiger partial charge is 0.131 e. The fourth-order valence-electron chi connectivity index (χ4n) is 2.58. The minimum Gasteiger partial charge on any atom is -0.387 e. The Bertz CT molecular complexity index is 616. The molecule has 124 valence electrons. The van der Waals surface area contributed by atoms with Gasteiger partial charge in [-0.25, -0.2) is 8.78 Å². The predicted molar refractivity (Wildman–Crippen MR) is 85.0 cm³/mol. The second kappa shape index (κ2) is 7.64. The first-order chi connectivity index (χ1) is 11.0. The highest BCUT2D eigenvalue weighted by molar-refractivity contribution is 5.25. The van der Waals surface area contributed by atoms with Crippen LogP contribution in [0.25, 0.3) is 0 Å². The molecule has 0 heterocycles. The molecular weight excluding hydrogens is 300 g/mol. The van der Waals surface area contributed by atoms with Crippen molar-refractivity contribution in [2.45, 2.75) is 18.6 Å². The number of hydrogen-bond acceptors (Lipinski definition) is 3. The molecule has 2 unspecified atom stereocenters. The minimum atomic E-state index is -1.30. The van der Waals surface area contributed by atoms with E-state index in [-0.39, 0.29) is 12.1 Å². The maximum atomic E-state index is 13.7. The zero-order chi connectivity index (χ0) is 16.9. The van der Waals surface area contributed by atoms with Crippen molar-refractivity contribution < 1.29 is 18.6 Å². The lowest BCUT2D eigenvalue weighted by Crippen LogP contribution is -2.45. The van der Waals surface area contributed by atoms with E-state index < -0.39 is 23.3 Å². The van der Waals surface area contributed by atoms with Gasteiger partial charge in [0.25, 0.3) is 0 Å². The lowest BCUT2D eigenvalue weighted by atomic mass is 9.92. The van der Waals surface area contributed by atoms with Crippen LogP contribution in [0, 0.1) is 11.6 Å². The normalized spacial score (nSPS) is 15.2. The average molecular weight is 321 g/mol. The van der Waals surface area contributed by atoms with Gasteiger partial charge >= 0.3 is 0 Å². The Hall–Kier alpha value is -1.82. The lowest BCUT2D eigenvalue weighted by Gasteiger charge is -2.32. The van der Waals surface area contributed by atoms with Gasteiger partial charge in [-0.15, -0.1) is 0 Å². The van der Waals surface area contributed by atoms with Crippen molar-refractivity contribution in [3.8, 4) is 0 Å². The zero-order valence-corrected chi connectivity index (χ0v) is 13.2. The van der Waals surface area contributed by atoms with Crippen LogP contribution < -0.4 is 5.32 Å². The maximum absolute atomic E-state index is 13.7. The van der Waals surface area contributed by atoms with Crippen molar-refractivity contribution >= 4 is 0 Å². The van der Waals surface area contributed by atoms with E-state index in [1.807, 2.05) is 37.3 Å². The van der Waals surface area contributed by atoms with Crippen molar-refractivity contribution in [3.05, 3.63) is 71.3 Å². The highest BCUT2D eigenvalue weighted by Gasteiger charge is 2.28. The van der Waals surface area contributed by atoms with Crippen molar-refractivity contribution in [1.29, 1.82) is 0 Å². The van der Waals surface area contributed by atoms with Gasteiger partial charge in [0.2, 0.25) is 0 Å². The quantitative estimate of drug-likeness (QED) is 0.823. The Morgan fingerprint density at radius 2 is 1.70 bits per heavy atom. The van der Waals surface area contributed by atoms with Crippen molar-refractivity contribution in [2.75, 3.05) is 20.3 Å². The van der Waals surface area contributed by atoms with Crippen molar-refractivity contribution in [2.24, 2.45) is 0 Å². The third-order valence-electron chi connectivity index (χ3n) is 3.86. The molecule has 23 heavy (non-hydrogen) atoms. The molecule has 2 aromatic rings. The van der Waals surface area contributed by atoms with Gasteiger partial charge in [0, 0.05) is 13.7 Å². The van der Waals surface area contributed by atoms with Gasteiger partial charge in [0.1, 0.15) is 11.6 Å².